The van der Waals surface area contributed by atoms with Gasteiger partial charge in [0.05, 0.1) is 6.61 Å². The number of ether oxygens (including phenoxy) is 2. The van der Waals surface area contributed by atoms with E-state index in [9.17, 15) is 28.0 Å². The first-order chi connectivity index (χ1) is 19.0. The van der Waals surface area contributed by atoms with E-state index in [1.807, 2.05) is 0 Å². The largest absolute Gasteiger partial charge is 0.460 e. The van der Waals surface area contributed by atoms with Gasteiger partial charge in [-0.3, -0.25) is 13.9 Å². The Hall–Kier alpha value is -3.68. The van der Waals surface area contributed by atoms with Gasteiger partial charge in [-0.2, -0.15) is 18.9 Å². The minimum atomic E-state index is -4.46. The summed E-state index contributed by atoms with van der Waals surface area (Å²) in [7, 11) is -4.46. The minimum Gasteiger partial charge on any atom is -0.460 e. The molecule has 0 radical (unpaired) electrons. The number of esters is 1. The third-order valence-electron chi connectivity index (χ3n) is 5.79. The molecule has 2 aromatic carbocycles. The number of carbonyl (C=O) groups is 1. The number of halogens is 2. The molecule has 40 heavy (non-hydrogen) atoms. The number of alkyl halides is 2. The number of aliphatic hydroxyl groups excluding tert-OH is 1. The van der Waals surface area contributed by atoms with Crippen LogP contribution in [0.1, 0.15) is 18.7 Å². The van der Waals surface area contributed by atoms with Crippen LogP contribution in [0.5, 0.6) is 5.75 Å². The van der Waals surface area contributed by atoms with E-state index >= 15 is 0 Å². The van der Waals surface area contributed by atoms with E-state index in [0.29, 0.717) is 4.57 Å². The lowest BCUT2D eigenvalue weighted by Crippen LogP contribution is -2.42. The zero-order valence-corrected chi connectivity index (χ0v) is 22.0. The third-order valence-corrected chi connectivity index (χ3v) is 7.43. The zero-order valence-electron chi connectivity index (χ0n) is 21.1. The Bertz CT molecular complexity index is 1410. The van der Waals surface area contributed by atoms with Crippen LogP contribution in [0, 0.1) is 0 Å². The van der Waals surface area contributed by atoms with Crippen LogP contribution in [0.2, 0.25) is 0 Å². The van der Waals surface area contributed by atoms with Crippen LogP contribution >= 0.6 is 7.75 Å². The summed E-state index contributed by atoms with van der Waals surface area (Å²) in [5.41, 5.74) is 5.01. The first-order valence-corrected chi connectivity index (χ1v) is 13.6. The number of anilines is 1. The van der Waals surface area contributed by atoms with Crippen LogP contribution in [0.15, 0.2) is 77.7 Å². The molecule has 1 fully saturated rings. The second kappa shape index (κ2) is 12.2. The smallest absolute Gasteiger partial charge is 0.459 e. The number of nitrogens with one attached hydrogen (secondary N) is 1. The molecule has 1 aromatic heterocycles. The summed E-state index contributed by atoms with van der Waals surface area (Å²) >= 11 is 0. The molecule has 1 aliphatic heterocycles. The Balaban J connectivity index is 1.47. The molecule has 2 heterocycles. The number of carbonyl (C=O) groups excluding carboxylic acids is 1. The SMILES string of the molecule is C[C@H](N[P@@](=O)(OC[C@H]1O[C@@H](n2ccc(N)nc2=O)C(F)(F)C1O)Oc1ccccc1)C(=O)OCc1ccccc1. The zero-order chi connectivity index (χ0) is 28.9. The number of nitrogens with zero attached hydrogens (tertiary/aromatic N) is 2. The molecule has 0 saturated carbocycles. The van der Waals surface area contributed by atoms with Crippen molar-refractivity contribution in [3.8, 4) is 5.75 Å². The predicted octanol–water partition coefficient (Wildman–Crippen LogP) is 2.64. The van der Waals surface area contributed by atoms with Crippen LogP contribution in [0.4, 0.5) is 14.6 Å². The number of nitrogen functional groups attached to an aromatic ring is 1. The van der Waals surface area contributed by atoms with Gasteiger partial charge in [-0.05, 0) is 30.7 Å². The average Bonchev–Trinajstić information content (AvgIpc) is 3.15. The number of rotatable bonds is 11. The van der Waals surface area contributed by atoms with Gasteiger partial charge in [-0.15, -0.1) is 0 Å². The van der Waals surface area contributed by atoms with Crippen LogP contribution < -0.4 is 21.0 Å². The highest BCUT2D eigenvalue weighted by Crippen LogP contribution is 2.48. The van der Waals surface area contributed by atoms with Crippen molar-refractivity contribution in [1.29, 1.82) is 0 Å². The molecule has 4 N–H and O–H groups in total. The number of hydrogen-bond donors (Lipinski definition) is 3. The van der Waals surface area contributed by atoms with E-state index in [-0.39, 0.29) is 18.2 Å². The van der Waals surface area contributed by atoms with Gasteiger partial charge in [0.2, 0.25) is 6.23 Å². The lowest BCUT2D eigenvalue weighted by atomic mass is 10.1. The summed E-state index contributed by atoms with van der Waals surface area (Å²) in [6.45, 7) is 0.435. The number of hydrogen-bond acceptors (Lipinski definition) is 10. The molecule has 1 unspecified atom stereocenters. The number of nitrogens with two attached hydrogens (primary N) is 1. The van der Waals surface area contributed by atoms with Gasteiger partial charge in [-0.25, -0.2) is 9.36 Å². The quantitative estimate of drug-likeness (QED) is 0.226. The summed E-state index contributed by atoms with van der Waals surface area (Å²) in [5, 5.41) is 12.7. The summed E-state index contributed by atoms with van der Waals surface area (Å²) in [5.74, 6) is -4.85. The van der Waals surface area contributed by atoms with E-state index in [1.54, 1.807) is 48.5 Å². The van der Waals surface area contributed by atoms with Crippen molar-refractivity contribution >= 4 is 19.5 Å². The number of para-hydroxylation sites is 1. The lowest BCUT2D eigenvalue weighted by Gasteiger charge is -2.24. The topological polar surface area (TPSA) is 164 Å². The molecular formula is C25H27F2N4O8P. The second-order valence-electron chi connectivity index (χ2n) is 8.83. The molecule has 214 valence electrons. The van der Waals surface area contributed by atoms with Gasteiger partial charge in [-0.1, -0.05) is 48.5 Å². The lowest BCUT2D eigenvalue weighted by molar-refractivity contribution is -0.146. The number of aromatic nitrogens is 2. The van der Waals surface area contributed by atoms with Crippen molar-refractivity contribution in [2.45, 2.75) is 43.9 Å². The minimum absolute atomic E-state index is 0.0473. The summed E-state index contributed by atoms with van der Waals surface area (Å²) in [6.07, 6.45) is -5.50. The Morgan fingerprint density at radius 3 is 2.50 bits per heavy atom. The van der Waals surface area contributed by atoms with E-state index in [4.69, 9.17) is 24.3 Å². The molecular weight excluding hydrogens is 553 g/mol. The molecule has 0 spiro atoms. The van der Waals surface area contributed by atoms with Gasteiger partial charge in [0.1, 0.15) is 30.3 Å². The summed E-state index contributed by atoms with van der Waals surface area (Å²) in [4.78, 5) is 28.1. The molecule has 1 aliphatic rings. The van der Waals surface area contributed by atoms with Crippen molar-refractivity contribution in [1.82, 2.24) is 14.6 Å². The van der Waals surface area contributed by atoms with Gasteiger partial charge in [0.25, 0.3) is 0 Å². The number of aliphatic hydroxyl groups is 1. The molecule has 3 aromatic rings. The molecule has 5 atom stereocenters. The van der Waals surface area contributed by atoms with Crippen molar-refractivity contribution in [2.24, 2.45) is 0 Å². The second-order valence-corrected chi connectivity index (χ2v) is 10.5. The van der Waals surface area contributed by atoms with E-state index in [1.165, 1.54) is 19.1 Å². The fourth-order valence-corrected chi connectivity index (χ4v) is 5.24. The summed E-state index contributed by atoms with van der Waals surface area (Å²) < 4.78 is 65.3. The van der Waals surface area contributed by atoms with Crippen molar-refractivity contribution in [3.63, 3.8) is 0 Å². The molecule has 1 saturated heterocycles. The maximum atomic E-state index is 14.9. The van der Waals surface area contributed by atoms with Gasteiger partial charge in [0, 0.05) is 6.20 Å². The molecule has 0 aliphatic carbocycles. The maximum absolute atomic E-state index is 14.9. The van der Waals surface area contributed by atoms with Gasteiger partial charge < -0.3 is 24.8 Å². The highest BCUT2D eigenvalue weighted by Gasteiger charge is 2.60. The fourth-order valence-electron chi connectivity index (χ4n) is 3.74. The molecule has 4 rings (SSSR count). The number of benzene rings is 2. The average molecular weight is 580 g/mol. The Morgan fingerprint density at radius 1 is 1.20 bits per heavy atom. The monoisotopic (exact) mass is 580 g/mol. The van der Waals surface area contributed by atoms with Crippen molar-refractivity contribution in [2.75, 3.05) is 12.3 Å². The van der Waals surface area contributed by atoms with Crippen molar-refractivity contribution < 1.29 is 41.8 Å². The highest BCUT2D eigenvalue weighted by atomic mass is 31.2. The van der Waals surface area contributed by atoms with Crippen LogP contribution in [-0.2, 0) is 30.0 Å². The Kier molecular flexibility index (Phi) is 8.96. The van der Waals surface area contributed by atoms with Crippen LogP contribution in [0.3, 0.4) is 0 Å². The molecule has 12 nitrogen and oxygen atoms in total. The molecule has 0 bridgehead atoms. The first-order valence-electron chi connectivity index (χ1n) is 12.0. The maximum Gasteiger partial charge on any atom is 0.459 e. The normalized spacial score (nSPS) is 22.2. The fraction of sp³-hybridized carbons (Fsp3) is 0.320. The van der Waals surface area contributed by atoms with Crippen LogP contribution in [0.25, 0.3) is 0 Å². The third kappa shape index (κ3) is 6.90. The molecule has 0 amide bonds. The van der Waals surface area contributed by atoms with Gasteiger partial charge >= 0.3 is 25.3 Å². The predicted molar refractivity (Wildman–Crippen MR) is 137 cm³/mol. The van der Waals surface area contributed by atoms with Crippen LogP contribution in [-0.4, -0.2) is 51.4 Å². The Labute approximate surface area is 227 Å². The van der Waals surface area contributed by atoms with E-state index in [0.717, 1.165) is 17.8 Å². The highest BCUT2D eigenvalue weighted by molar-refractivity contribution is 7.52. The summed E-state index contributed by atoms with van der Waals surface area (Å²) in [6, 6.07) is 16.5. The Morgan fingerprint density at radius 2 is 1.85 bits per heavy atom. The van der Waals surface area contributed by atoms with E-state index in [2.05, 4.69) is 10.1 Å². The molecule has 15 heteroatoms. The van der Waals surface area contributed by atoms with Crippen molar-refractivity contribution in [3.05, 3.63) is 89.0 Å². The standard InChI is InChI=1S/C25H27F2N4O8P/c1-16(22(33)36-14-17-8-4-2-5-9-17)30-40(35,39-18-10-6-3-7-11-18)37-15-19-21(32)25(26,27)23(38-19)31-13-12-20(28)29-24(31)34/h2-13,16,19,21,23,32H,14-15H2,1H3,(H,30,35)(H2,28,29,34)/t16-,19+,21?,23+,40+/m0/s1. The van der Waals surface area contributed by atoms with Gasteiger partial charge in [0.15, 0.2) is 6.10 Å². The van der Waals surface area contributed by atoms with E-state index < -0.39 is 56.4 Å². The first kappa shape index (κ1) is 29.3.